The van der Waals surface area contributed by atoms with Gasteiger partial charge in [0.2, 0.25) is 0 Å². The van der Waals surface area contributed by atoms with Crippen molar-refractivity contribution in [1.82, 2.24) is 4.98 Å². The van der Waals surface area contributed by atoms with Crippen molar-refractivity contribution in [3.8, 4) is 0 Å². The summed E-state index contributed by atoms with van der Waals surface area (Å²) in [6.45, 7) is 0. The van der Waals surface area contributed by atoms with Crippen LogP contribution < -0.4 is 5.73 Å². The number of carbonyl (C=O) groups excluding carboxylic acids is 1. The van der Waals surface area contributed by atoms with Gasteiger partial charge in [0, 0.05) is 11.9 Å². The second-order valence-electron chi connectivity index (χ2n) is 3.84. The summed E-state index contributed by atoms with van der Waals surface area (Å²) in [5.74, 6) is 0.289. The molecule has 1 aromatic heterocycles. The number of hydrogen-bond acceptors (Lipinski definition) is 5. The first-order chi connectivity index (χ1) is 9.22. The van der Waals surface area contributed by atoms with Crippen molar-refractivity contribution in [2.45, 2.75) is 10.8 Å². The number of nitrogens with two attached hydrogens (primary N) is 1. The van der Waals surface area contributed by atoms with Crippen LogP contribution in [-0.4, -0.2) is 18.1 Å². The Hall–Kier alpha value is -2.01. The Bertz CT molecular complexity index is 587. The molecule has 0 fully saturated rings. The zero-order valence-electron chi connectivity index (χ0n) is 10.5. The van der Waals surface area contributed by atoms with Crippen LogP contribution in [-0.2, 0) is 10.5 Å². The van der Waals surface area contributed by atoms with Crippen molar-refractivity contribution in [1.29, 1.82) is 0 Å². The van der Waals surface area contributed by atoms with E-state index in [0.717, 1.165) is 10.6 Å². The van der Waals surface area contributed by atoms with Gasteiger partial charge in [-0.3, -0.25) is 0 Å². The Balaban J connectivity index is 2.16. The maximum atomic E-state index is 11.6. The van der Waals surface area contributed by atoms with Gasteiger partial charge in [-0.1, -0.05) is 30.0 Å². The molecule has 0 aliphatic carbocycles. The number of nitrogens with zero attached hydrogens (tertiary/aromatic N) is 1. The highest BCUT2D eigenvalue weighted by Crippen LogP contribution is 2.26. The van der Waals surface area contributed by atoms with Crippen LogP contribution in [0.3, 0.4) is 0 Å². The summed E-state index contributed by atoms with van der Waals surface area (Å²) in [6.07, 6.45) is 1.70. The molecule has 0 unspecified atom stereocenters. The molecule has 0 radical (unpaired) electrons. The van der Waals surface area contributed by atoms with E-state index in [4.69, 9.17) is 10.5 Å². The lowest BCUT2D eigenvalue weighted by Crippen LogP contribution is -2.04. The number of methoxy groups -OCH3 is 1. The number of anilines is 1. The standard InChI is InChI=1S/C14H14N2O2S/c1-18-14(17)11-6-3-2-5-10(11)9-19-13-12(15)7-4-8-16-13/h2-8H,9,15H2,1H3. The van der Waals surface area contributed by atoms with Crippen molar-refractivity contribution < 1.29 is 9.53 Å². The van der Waals surface area contributed by atoms with E-state index in [1.807, 2.05) is 24.3 Å². The molecule has 4 nitrogen and oxygen atoms in total. The third-order valence-electron chi connectivity index (χ3n) is 2.59. The van der Waals surface area contributed by atoms with E-state index in [0.29, 0.717) is 17.0 Å². The molecule has 0 spiro atoms. The fourth-order valence-electron chi connectivity index (χ4n) is 1.63. The zero-order valence-corrected chi connectivity index (χ0v) is 11.3. The average Bonchev–Trinajstić information content (AvgIpc) is 2.46. The van der Waals surface area contributed by atoms with Crippen molar-refractivity contribution in [3.63, 3.8) is 0 Å². The van der Waals surface area contributed by atoms with Gasteiger partial charge in [0.15, 0.2) is 0 Å². The molecule has 2 aromatic rings. The number of esters is 1. The second-order valence-corrected chi connectivity index (χ2v) is 4.80. The fourth-order valence-corrected chi connectivity index (χ4v) is 2.54. The van der Waals surface area contributed by atoms with Gasteiger partial charge >= 0.3 is 5.97 Å². The van der Waals surface area contributed by atoms with Crippen LogP contribution in [0.1, 0.15) is 15.9 Å². The van der Waals surface area contributed by atoms with Gasteiger partial charge in [-0.15, -0.1) is 0 Å². The van der Waals surface area contributed by atoms with E-state index in [-0.39, 0.29) is 5.97 Å². The number of carbonyl (C=O) groups is 1. The van der Waals surface area contributed by atoms with Crippen LogP contribution in [0.5, 0.6) is 0 Å². The normalized spacial score (nSPS) is 10.2. The fraction of sp³-hybridized carbons (Fsp3) is 0.143. The maximum absolute atomic E-state index is 11.6. The molecular formula is C14H14N2O2S. The second kappa shape index (κ2) is 6.24. The molecule has 2 rings (SSSR count). The predicted molar refractivity (Wildman–Crippen MR) is 76.0 cm³/mol. The Labute approximate surface area is 116 Å². The largest absolute Gasteiger partial charge is 0.465 e. The average molecular weight is 274 g/mol. The SMILES string of the molecule is COC(=O)c1ccccc1CSc1ncccc1N. The summed E-state index contributed by atoms with van der Waals surface area (Å²) in [5, 5.41) is 0.766. The molecule has 2 N–H and O–H groups in total. The number of benzene rings is 1. The Kier molecular flexibility index (Phi) is 4.41. The Morgan fingerprint density at radius 3 is 2.84 bits per heavy atom. The summed E-state index contributed by atoms with van der Waals surface area (Å²) in [7, 11) is 1.38. The monoisotopic (exact) mass is 274 g/mol. The van der Waals surface area contributed by atoms with E-state index in [1.54, 1.807) is 18.3 Å². The molecular weight excluding hydrogens is 260 g/mol. The van der Waals surface area contributed by atoms with Crippen LogP contribution in [0.25, 0.3) is 0 Å². The molecule has 0 saturated carbocycles. The third-order valence-corrected chi connectivity index (χ3v) is 3.66. The van der Waals surface area contributed by atoms with Crippen LogP contribution in [0.2, 0.25) is 0 Å². The van der Waals surface area contributed by atoms with Gasteiger partial charge in [0.25, 0.3) is 0 Å². The molecule has 5 heteroatoms. The van der Waals surface area contributed by atoms with Crippen molar-refractivity contribution in [2.24, 2.45) is 0 Å². The lowest BCUT2D eigenvalue weighted by atomic mass is 10.1. The molecule has 0 aliphatic rings. The number of hydrogen-bond donors (Lipinski definition) is 1. The van der Waals surface area contributed by atoms with Crippen LogP contribution in [0, 0.1) is 0 Å². The van der Waals surface area contributed by atoms with Gasteiger partial charge in [-0.2, -0.15) is 0 Å². The minimum atomic E-state index is -0.329. The molecule has 1 aromatic carbocycles. The predicted octanol–water partition coefficient (Wildman–Crippen LogP) is 2.74. The topological polar surface area (TPSA) is 65.2 Å². The number of ether oxygens (including phenoxy) is 1. The first-order valence-corrected chi connectivity index (χ1v) is 6.70. The molecule has 0 amide bonds. The molecule has 0 bridgehead atoms. The number of aromatic nitrogens is 1. The van der Waals surface area contributed by atoms with E-state index >= 15 is 0 Å². The van der Waals surface area contributed by atoms with Gasteiger partial charge in [0.1, 0.15) is 5.03 Å². The summed E-state index contributed by atoms with van der Waals surface area (Å²) in [4.78, 5) is 15.9. The van der Waals surface area contributed by atoms with Crippen molar-refractivity contribution in [3.05, 3.63) is 53.7 Å². The van der Waals surface area contributed by atoms with Crippen molar-refractivity contribution in [2.75, 3.05) is 12.8 Å². The summed E-state index contributed by atoms with van der Waals surface area (Å²) in [6, 6.07) is 11.0. The van der Waals surface area contributed by atoms with Crippen LogP contribution in [0.4, 0.5) is 5.69 Å². The lowest BCUT2D eigenvalue weighted by Gasteiger charge is -2.08. The van der Waals surface area contributed by atoms with E-state index in [9.17, 15) is 4.79 Å². The zero-order chi connectivity index (χ0) is 13.7. The summed E-state index contributed by atoms with van der Waals surface area (Å²) >= 11 is 1.50. The van der Waals surface area contributed by atoms with Gasteiger partial charge in [-0.05, 0) is 23.8 Å². The van der Waals surface area contributed by atoms with E-state index in [1.165, 1.54) is 18.9 Å². The van der Waals surface area contributed by atoms with E-state index in [2.05, 4.69) is 4.98 Å². The van der Waals surface area contributed by atoms with Gasteiger partial charge in [-0.25, -0.2) is 9.78 Å². The maximum Gasteiger partial charge on any atom is 0.338 e. The lowest BCUT2D eigenvalue weighted by molar-refractivity contribution is 0.0600. The van der Waals surface area contributed by atoms with Crippen LogP contribution in [0.15, 0.2) is 47.6 Å². The Morgan fingerprint density at radius 2 is 2.11 bits per heavy atom. The third kappa shape index (κ3) is 3.26. The summed E-state index contributed by atoms with van der Waals surface area (Å²) < 4.78 is 4.76. The molecule has 0 atom stereocenters. The molecule has 1 heterocycles. The minimum Gasteiger partial charge on any atom is -0.465 e. The minimum absolute atomic E-state index is 0.329. The number of nitrogen functional groups attached to an aromatic ring is 1. The number of thioether (sulfide) groups is 1. The highest BCUT2D eigenvalue weighted by atomic mass is 32.2. The van der Waals surface area contributed by atoms with Crippen molar-refractivity contribution >= 4 is 23.4 Å². The summed E-state index contributed by atoms with van der Waals surface area (Å²) in [5.41, 5.74) is 7.96. The molecule has 0 aliphatic heterocycles. The van der Waals surface area contributed by atoms with Gasteiger partial charge in [0.05, 0.1) is 18.4 Å². The quantitative estimate of drug-likeness (QED) is 0.686. The highest BCUT2D eigenvalue weighted by molar-refractivity contribution is 7.98. The molecule has 0 saturated heterocycles. The highest BCUT2D eigenvalue weighted by Gasteiger charge is 2.11. The molecule has 19 heavy (non-hydrogen) atoms. The smallest absolute Gasteiger partial charge is 0.338 e. The van der Waals surface area contributed by atoms with E-state index < -0.39 is 0 Å². The number of pyridine rings is 1. The van der Waals surface area contributed by atoms with Gasteiger partial charge < -0.3 is 10.5 Å². The number of rotatable bonds is 4. The first kappa shape index (κ1) is 13.4. The van der Waals surface area contributed by atoms with Crippen LogP contribution >= 0.6 is 11.8 Å². The first-order valence-electron chi connectivity index (χ1n) is 5.72. The molecule has 98 valence electrons. The Morgan fingerprint density at radius 1 is 1.32 bits per heavy atom.